The Morgan fingerprint density at radius 1 is 1.20 bits per heavy atom. The Balaban J connectivity index is 2.03. The van der Waals surface area contributed by atoms with Crippen molar-refractivity contribution >= 4 is 0 Å². The first-order valence-corrected chi connectivity index (χ1v) is 4.56. The van der Waals surface area contributed by atoms with Crippen molar-refractivity contribution in [2.75, 3.05) is 0 Å². The second-order valence-corrected chi connectivity index (χ2v) is 4.01. The summed E-state index contributed by atoms with van der Waals surface area (Å²) in [6, 6.07) is 0. The molecule has 0 saturated heterocycles. The molecule has 2 fully saturated rings. The molecule has 2 saturated carbocycles. The molecule has 1 heteroatoms. The molecule has 2 aliphatic rings. The average Bonchev–Trinajstić information content (AvgIpc) is 2.73. The van der Waals surface area contributed by atoms with Crippen LogP contribution >= 0.6 is 0 Å². The number of hydrogen-bond donors (Lipinski definition) is 1. The highest BCUT2D eigenvalue weighted by molar-refractivity contribution is 5.06. The Morgan fingerprint density at radius 3 is 1.80 bits per heavy atom. The first-order valence-electron chi connectivity index (χ1n) is 4.56. The van der Waals surface area contributed by atoms with Crippen LogP contribution in [0.25, 0.3) is 0 Å². The topological polar surface area (TPSA) is 26.0 Å². The van der Waals surface area contributed by atoms with Crippen LogP contribution in [0.5, 0.6) is 0 Å². The number of nitrogens with two attached hydrogens (primary N) is 1. The molecule has 0 unspecified atom stereocenters. The van der Waals surface area contributed by atoms with Gasteiger partial charge in [-0.25, -0.2) is 0 Å². The van der Waals surface area contributed by atoms with Crippen molar-refractivity contribution in [2.24, 2.45) is 17.6 Å². The van der Waals surface area contributed by atoms with Gasteiger partial charge in [0.05, 0.1) is 0 Å². The van der Waals surface area contributed by atoms with E-state index in [0.717, 1.165) is 11.8 Å². The molecule has 0 radical (unpaired) electrons. The molecule has 0 spiro atoms. The maximum atomic E-state index is 6.31. The minimum absolute atomic E-state index is 0.264. The van der Waals surface area contributed by atoms with E-state index in [4.69, 9.17) is 5.73 Å². The maximum absolute atomic E-state index is 6.31. The van der Waals surface area contributed by atoms with Gasteiger partial charge in [0.2, 0.25) is 0 Å². The van der Waals surface area contributed by atoms with E-state index in [1.54, 1.807) is 0 Å². The Labute approximate surface area is 63.0 Å². The Morgan fingerprint density at radius 2 is 1.60 bits per heavy atom. The van der Waals surface area contributed by atoms with Crippen LogP contribution in [-0.4, -0.2) is 5.54 Å². The van der Waals surface area contributed by atoms with E-state index in [0.29, 0.717) is 0 Å². The molecule has 2 N–H and O–H groups in total. The van der Waals surface area contributed by atoms with E-state index in [1.807, 2.05) is 0 Å². The first-order chi connectivity index (χ1) is 4.77. The third-order valence-electron chi connectivity index (χ3n) is 3.29. The maximum Gasteiger partial charge on any atom is 0.0208 e. The summed E-state index contributed by atoms with van der Waals surface area (Å²) < 4.78 is 0. The lowest BCUT2D eigenvalue weighted by Gasteiger charge is -2.27. The second-order valence-electron chi connectivity index (χ2n) is 4.01. The molecule has 10 heavy (non-hydrogen) atoms. The lowest BCUT2D eigenvalue weighted by Crippen LogP contribution is -2.43. The molecule has 0 atom stereocenters. The summed E-state index contributed by atoms with van der Waals surface area (Å²) in [5.74, 6) is 1.79. The second kappa shape index (κ2) is 1.97. The molecule has 0 aromatic heterocycles. The summed E-state index contributed by atoms with van der Waals surface area (Å²) in [5, 5.41) is 0. The Bertz CT molecular complexity index is 122. The SMILES string of the molecule is CCC(N)(C1CC1)C1CC1. The lowest BCUT2D eigenvalue weighted by atomic mass is 9.86. The monoisotopic (exact) mass is 139 g/mol. The Hall–Kier alpha value is -0.0400. The van der Waals surface area contributed by atoms with Crippen LogP contribution in [0.15, 0.2) is 0 Å². The molecule has 0 aromatic carbocycles. The predicted octanol–water partition coefficient (Wildman–Crippen LogP) is 1.91. The van der Waals surface area contributed by atoms with Gasteiger partial charge in [-0.3, -0.25) is 0 Å². The van der Waals surface area contributed by atoms with Crippen LogP contribution in [0.3, 0.4) is 0 Å². The molecule has 0 amide bonds. The molecule has 0 aromatic rings. The highest BCUT2D eigenvalue weighted by atomic mass is 14.8. The van der Waals surface area contributed by atoms with Crippen molar-refractivity contribution in [3.63, 3.8) is 0 Å². The van der Waals surface area contributed by atoms with Gasteiger partial charge in [0.25, 0.3) is 0 Å². The van der Waals surface area contributed by atoms with Gasteiger partial charge in [0, 0.05) is 5.54 Å². The van der Waals surface area contributed by atoms with Gasteiger partial charge in [-0.1, -0.05) is 6.92 Å². The molecule has 0 aliphatic heterocycles. The average molecular weight is 139 g/mol. The van der Waals surface area contributed by atoms with Gasteiger partial charge in [-0.2, -0.15) is 0 Å². The normalized spacial score (nSPS) is 27.0. The van der Waals surface area contributed by atoms with Gasteiger partial charge < -0.3 is 5.73 Å². The standard InChI is InChI=1S/C9H17N/c1-2-9(10,7-3-4-7)8-5-6-8/h7-8H,2-6,10H2,1H3. The fraction of sp³-hybridized carbons (Fsp3) is 1.00. The zero-order chi connectivity index (χ0) is 7.19. The quantitative estimate of drug-likeness (QED) is 0.635. The summed E-state index contributed by atoms with van der Waals surface area (Å²) in [5.41, 5.74) is 6.57. The van der Waals surface area contributed by atoms with Crippen molar-refractivity contribution in [3.8, 4) is 0 Å². The summed E-state index contributed by atoms with van der Waals surface area (Å²) in [7, 11) is 0. The fourth-order valence-corrected chi connectivity index (χ4v) is 2.15. The highest BCUT2D eigenvalue weighted by Crippen LogP contribution is 2.51. The van der Waals surface area contributed by atoms with Crippen LogP contribution in [0.2, 0.25) is 0 Å². The molecular weight excluding hydrogens is 122 g/mol. The van der Waals surface area contributed by atoms with Crippen LogP contribution in [0, 0.1) is 11.8 Å². The lowest BCUT2D eigenvalue weighted by molar-refractivity contribution is 0.310. The van der Waals surface area contributed by atoms with Crippen molar-refractivity contribution in [1.82, 2.24) is 0 Å². The third-order valence-corrected chi connectivity index (χ3v) is 3.29. The molecule has 0 heterocycles. The fourth-order valence-electron chi connectivity index (χ4n) is 2.15. The molecular formula is C9H17N. The van der Waals surface area contributed by atoms with Crippen molar-refractivity contribution in [1.29, 1.82) is 0 Å². The van der Waals surface area contributed by atoms with Crippen molar-refractivity contribution in [2.45, 2.75) is 44.6 Å². The van der Waals surface area contributed by atoms with Crippen molar-refractivity contribution < 1.29 is 0 Å². The van der Waals surface area contributed by atoms with Crippen LogP contribution < -0.4 is 5.73 Å². The molecule has 58 valence electrons. The number of rotatable bonds is 3. The summed E-state index contributed by atoms with van der Waals surface area (Å²) >= 11 is 0. The smallest absolute Gasteiger partial charge is 0.0208 e. The summed E-state index contributed by atoms with van der Waals surface area (Å²) in [4.78, 5) is 0. The van der Waals surface area contributed by atoms with E-state index in [2.05, 4.69) is 6.92 Å². The third kappa shape index (κ3) is 0.878. The molecule has 2 aliphatic carbocycles. The van der Waals surface area contributed by atoms with E-state index in [1.165, 1.54) is 32.1 Å². The van der Waals surface area contributed by atoms with Gasteiger partial charge >= 0.3 is 0 Å². The molecule has 1 nitrogen and oxygen atoms in total. The minimum Gasteiger partial charge on any atom is -0.325 e. The van der Waals surface area contributed by atoms with Gasteiger partial charge in [0.15, 0.2) is 0 Å². The predicted molar refractivity (Wildman–Crippen MR) is 42.7 cm³/mol. The Kier molecular flexibility index (Phi) is 1.31. The van der Waals surface area contributed by atoms with E-state index in [9.17, 15) is 0 Å². The van der Waals surface area contributed by atoms with Crippen LogP contribution in [0.1, 0.15) is 39.0 Å². The minimum atomic E-state index is 0.264. The highest BCUT2D eigenvalue weighted by Gasteiger charge is 2.50. The van der Waals surface area contributed by atoms with Crippen LogP contribution in [0.4, 0.5) is 0 Å². The van der Waals surface area contributed by atoms with E-state index < -0.39 is 0 Å². The number of hydrogen-bond acceptors (Lipinski definition) is 1. The van der Waals surface area contributed by atoms with Crippen molar-refractivity contribution in [3.05, 3.63) is 0 Å². The van der Waals surface area contributed by atoms with E-state index in [-0.39, 0.29) is 5.54 Å². The van der Waals surface area contributed by atoms with Gasteiger partial charge in [0.1, 0.15) is 0 Å². The van der Waals surface area contributed by atoms with Crippen LogP contribution in [-0.2, 0) is 0 Å². The zero-order valence-corrected chi connectivity index (χ0v) is 6.77. The zero-order valence-electron chi connectivity index (χ0n) is 6.77. The van der Waals surface area contributed by atoms with Gasteiger partial charge in [-0.05, 0) is 43.9 Å². The molecule has 2 rings (SSSR count). The first kappa shape index (κ1) is 6.66. The molecule has 0 bridgehead atoms. The summed E-state index contributed by atoms with van der Waals surface area (Å²) in [6.45, 7) is 2.25. The largest absolute Gasteiger partial charge is 0.325 e. The summed E-state index contributed by atoms with van der Waals surface area (Å²) in [6.07, 6.45) is 6.81. The van der Waals surface area contributed by atoms with E-state index >= 15 is 0 Å². The van der Waals surface area contributed by atoms with Gasteiger partial charge in [-0.15, -0.1) is 0 Å².